The van der Waals surface area contributed by atoms with Crippen LogP contribution in [-0.2, 0) is 0 Å². The van der Waals surface area contributed by atoms with Crippen molar-refractivity contribution in [1.82, 2.24) is 14.9 Å². The van der Waals surface area contributed by atoms with E-state index in [2.05, 4.69) is 15.3 Å². The summed E-state index contributed by atoms with van der Waals surface area (Å²) in [6, 6.07) is 2.93. The normalized spacial score (nSPS) is 13.9. The summed E-state index contributed by atoms with van der Waals surface area (Å²) in [7, 11) is 3.74. The molecule has 10 heteroatoms. The number of nitrogens with zero attached hydrogens (tertiary/aromatic N) is 4. The van der Waals surface area contributed by atoms with Crippen LogP contribution in [0.1, 0.15) is 12.5 Å². The van der Waals surface area contributed by atoms with Crippen LogP contribution in [0.5, 0.6) is 5.88 Å². The minimum atomic E-state index is -1.12. The third-order valence-corrected chi connectivity index (χ3v) is 5.74. The van der Waals surface area contributed by atoms with Crippen LogP contribution in [0, 0.1) is 12.7 Å². The number of nitrogen functional groups attached to an aromatic ring is 1. The Hall–Kier alpha value is -3.66. The number of hydrogen-bond donors (Lipinski definition) is 3. The van der Waals surface area contributed by atoms with Gasteiger partial charge in [-0.15, -0.1) is 0 Å². The van der Waals surface area contributed by atoms with Gasteiger partial charge in [-0.3, -0.25) is 4.90 Å². The number of halogens is 1. The van der Waals surface area contributed by atoms with E-state index in [0.717, 1.165) is 11.3 Å². The van der Waals surface area contributed by atoms with Gasteiger partial charge in [0.1, 0.15) is 18.1 Å². The van der Waals surface area contributed by atoms with E-state index in [-0.39, 0.29) is 23.1 Å². The summed E-state index contributed by atoms with van der Waals surface area (Å²) in [4.78, 5) is 23.7. The summed E-state index contributed by atoms with van der Waals surface area (Å²) in [5, 5.41) is 14.1. The van der Waals surface area contributed by atoms with E-state index in [9.17, 15) is 9.90 Å². The third kappa shape index (κ3) is 4.09. The van der Waals surface area contributed by atoms with E-state index in [4.69, 9.17) is 10.5 Å². The smallest absolute Gasteiger partial charge is 0.413 e. The Morgan fingerprint density at radius 3 is 2.76 bits per heavy atom. The zero-order valence-corrected chi connectivity index (χ0v) is 19.0. The molecule has 0 aliphatic carbocycles. The molecular formula is C23H27FN6O3. The molecule has 1 aromatic carbocycles. The van der Waals surface area contributed by atoms with Gasteiger partial charge in [0.25, 0.3) is 0 Å². The van der Waals surface area contributed by atoms with Gasteiger partial charge in [0, 0.05) is 42.0 Å². The predicted octanol–water partition coefficient (Wildman–Crippen LogP) is 3.57. The van der Waals surface area contributed by atoms with Crippen LogP contribution >= 0.6 is 0 Å². The van der Waals surface area contributed by atoms with Crippen LogP contribution in [0.15, 0.2) is 24.5 Å². The lowest BCUT2D eigenvalue weighted by Crippen LogP contribution is -2.43. The van der Waals surface area contributed by atoms with Gasteiger partial charge in [-0.05, 0) is 51.0 Å². The standard InChI is InChI=1S/C23H27FN6O3/c1-12(11-29(3)4)30(23(31)32)18-8-14-7-15(19(24)20(25)17(14)10-27-18)16-9-28-22-21(13(16)2)26-5-6-33-22/h7-10,12,26H,5-6,11,25H2,1-4H3,(H,31,32). The highest BCUT2D eigenvalue weighted by molar-refractivity contribution is 5.99. The van der Waals surface area contributed by atoms with Crippen molar-refractivity contribution in [2.24, 2.45) is 0 Å². The van der Waals surface area contributed by atoms with Crippen LogP contribution in [0.2, 0.25) is 0 Å². The first-order chi connectivity index (χ1) is 15.7. The number of carbonyl (C=O) groups is 1. The largest absolute Gasteiger partial charge is 0.474 e. The fourth-order valence-corrected chi connectivity index (χ4v) is 4.23. The molecule has 0 radical (unpaired) electrons. The molecular weight excluding hydrogens is 427 g/mol. The fourth-order valence-electron chi connectivity index (χ4n) is 4.23. The van der Waals surface area contributed by atoms with Crippen LogP contribution in [0.25, 0.3) is 21.9 Å². The number of hydrogen-bond acceptors (Lipinski definition) is 7. The number of amides is 1. The first-order valence-electron chi connectivity index (χ1n) is 10.6. The number of anilines is 3. The van der Waals surface area contributed by atoms with Crippen molar-refractivity contribution < 1.29 is 19.0 Å². The van der Waals surface area contributed by atoms with Crippen molar-refractivity contribution in [3.63, 3.8) is 0 Å². The second kappa shape index (κ2) is 8.70. The average Bonchev–Trinajstić information content (AvgIpc) is 2.76. The molecule has 0 saturated heterocycles. The average molecular weight is 455 g/mol. The minimum Gasteiger partial charge on any atom is -0.474 e. The molecule has 0 spiro atoms. The van der Waals surface area contributed by atoms with E-state index >= 15 is 4.39 Å². The second-order valence-corrected chi connectivity index (χ2v) is 8.43. The van der Waals surface area contributed by atoms with Gasteiger partial charge in [0.15, 0.2) is 5.82 Å². The maximum absolute atomic E-state index is 15.3. The number of ether oxygens (including phenoxy) is 1. The molecule has 0 bridgehead atoms. The lowest BCUT2D eigenvalue weighted by atomic mass is 9.97. The number of nitrogens with one attached hydrogen (secondary N) is 1. The van der Waals surface area contributed by atoms with E-state index in [0.29, 0.717) is 41.9 Å². The van der Waals surface area contributed by atoms with Crippen LogP contribution in [0.3, 0.4) is 0 Å². The quantitative estimate of drug-likeness (QED) is 0.501. The zero-order valence-electron chi connectivity index (χ0n) is 19.0. The van der Waals surface area contributed by atoms with Gasteiger partial charge >= 0.3 is 6.09 Å². The number of aromatic nitrogens is 2. The van der Waals surface area contributed by atoms with Crippen molar-refractivity contribution >= 4 is 34.1 Å². The number of benzene rings is 1. The van der Waals surface area contributed by atoms with Gasteiger partial charge in [-0.2, -0.15) is 0 Å². The molecule has 1 amide bonds. The minimum absolute atomic E-state index is 0.0499. The summed E-state index contributed by atoms with van der Waals surface area (Å²) in [5.41, 5.74) is 8.46. The highest BCUT2D eigenvalue weighted by atomic mass is 19.1. The van der Waals surface area contributed by atoms with Gasteiger partial charge < -0.3 is 25.8 Å². The Morgan fingerprint density at radius 2 is 2.06 bits per heavy atom. The topological polar surface area (TPSA) is 117 Å². The number of rotatable bonds is 5. The van der Waals surface area contributed by atoms with E-state index in [1.165, 1.54) is 11.1 Å². The Balaban J connectivity index is 1.85. The second-order valence-electron chi connectivity index (χ2n) is 8.43. The van der Waals surface area contributed by atoms with Crippen LogP contribution in [-0.4, -0.2) is 65.9 Å². The van der Waals surface area contributed by atoms with Crippen LogP contribution in [0.4, 0.5) is 26.4 Å². The summed E-state index contributed by atoms with van der Waals surface area (Å²) in [6.07, 6.45) is 1.86. The molecule has 1 aliphatic heterocycles. The molecule has 174 valence electrons. The SMILES string of the molecule is Cc1c(-c2cc3cc(N(C(=O)O)C(C)CN(C)C)ncc3c(N)c2F)cnc2c1NCCO2. The lowest BCUT2D eigenvalue weighted by molar-refractivity contribution is 0.197. The first kappa shape index (κ1) is 22.5. The lowest BCUT2D eigenvalue weighted by Gasteiger charge is -2.28. The van der Waals surface area contributed by atoms with Crippen molar-refractivity contribution in [2.75, 3.05) is 49.7 Å². The number of pyridine rings is 2. The van der Waals surface area contributed by atoms with E-state index in [1.54, 1.807) is 18.3 Å². The summed E-state index contributed by atoms with van der Waals surface area (Å²) in [5.74, 6) is 0.154. The zero-order chi connectivity index (χ0) is 23.9. The van der Waals surface area contributed by atoms with Gasteiger partial charge in [0.2, 0.25) is 5.88 Å². The molecule has 1 unspecified atom stereocenters. The van der Waals surface area contributed by atoms with E-state index < -0.39 is 11.9 Å². The molecule has 1 atom stereocenters. The number of nitrogens with two attached hydrogens (primary N) is 1. The van der Waals surface area contributed by atoms with Gasteiger partial charge in [-0.1, -0.05) is 0 Å². The Morgan fingerprint density at radius 1 is 1.30 bits per heavy atom. The highest BCUT2D eigenvalue weighted by Crippen LogP contribution is 2.39. The van der Waals surface area contributed by atoms with Crippen molar-refractivity contribution in [3.8, 4) is 17.0 Å². The molecule has 3 aromatic rings. The molecule has 9 nitrogen and oxygen atoms in total. The maximum Gasteiger partial charge on any atom is 0.413 e. The molecule has 4 rings (SSSR count). The Kier molecular flexibility index (Phi) is 5.94. The number of likely N-dealkylation sites (N-methyl/N-ethyl adjacent to an activating group) is 1. The number of carboxylic acid groups (broad SMARTS) is 1. The van der Waals surface area contributed by atoms with Gasteiger partial charge in [0.05, 0.1) is 11.7 Å². The third-order valence-electron chi connectivity index (χ3n) is 5.74. The molecule has 1 aliphatic rings. The van der Waals surface area contributed by atoms with Crippen LogP contribution < -0.4 is 20.7 Å². The molecule has 3 heterocycles. The van der Waals surface area contributed by atoms with Crippen molar-refractivity contribution in [2.45, 2.75) is 19.9 Å². The van der Waals surface area contributed by atoms with Crippen molar-refractivity contribution in [3.05, 3.63) is 35.9 Å². The molecule has 0 fully saturated rings. The molecule has 4 N–H and O–H groups in total. The molecule has 33 heavy (non-hydrogen) atoms. The Labute approximate surface area is 191 Å². The Bertz CT molecular complexity index is 1230. The van der Waals surface area contributed by atoms with Gasteiger partial charge in [-0.25, -0.2) is 19.2 Å². The first-order valence-corrected chi connectivity index (χ1v) is 10.6. The molecule has 2 aromatic heterocycles. The predicted molar refractivity (Wildman–Crippen MR) is 127 cm³/mol. The van der Waals surface area contributed by atoms with E-state index in [1.807, 2.05) is 32.8 Å². The van der Waals surface area contributed by atoms with Crippen molar-refractivity contribution in [1.29, 1.82) is 0 Å². The summed E-state index contributed by atoms with van der Waals surface area (Å²) >= 11 is 0. The summed E-state index contributed by atoms with van der Waals surface area (Å²) < 4.78 is 20.9. The molecule has 0 saturated carbocycles. The monoisotopic (exact) mass is 454 g/mol. The number of fused-ring (bicyclic) bond motifs is 2. The summed E-state index contributed by atoms with van der Waals surface area (Å²) in [6.45, 7) is 5.33. The maximum atomic E-state index is 15.3. The highest BCUT2D eigenvalue weighted by Gasteiger charge is 2.25. The fraction of sp³-hybridized carbons (Fsp3) is 0.348.